The molecule has 0 saturated carbocycles. The zero-order valence-electron chi connectivity index (χ0n) is 15.2. The second-order valence-electron chi connectivity index (χ2n) is 6.77. The number of anilines is 1. The Morgan fingerprint density at radius 3 is 2.81 bits per heavy atom. The number of H-pyrrole nitrogens is 1. The highest BCUT2D eigenvalue weighted by molar-refractivity contribution is 6.67. The van der Waals surface area contributed by atoms with Gasteiger partial charge in [-0.3, -0.25) is 14.7 Å². The van der Waals surface area contributed by atoms with Crippen LogP contribution in [0.5, 0.6) is 0 Å². The van der Waals surface area contributed by atoms with Gasteiger partial charge in [0.25, 0.3) is 0 Å². The van der Waals surface area contributed by atoms with Crippen molar-refractivity contribution in [3.05, 3.63) is 59.2 Å². The zero-order chi connectivity index (χ0) is 18.8. The van der Waals surface area contributed by atoms with Crippen LogP contribution in [0.3, 0.4) is 0 Å². The molecule has 4 rings (SSSR count). The Hall–Kier alpha value is -3.16. The summed E-state index contributed by atoms with van der Waals surface area (Å²) in [5, 5.41) is 9.91. The van der Waals surface area contributed by atoms with E-state index in [-0.39, 0.29) is 18.2 Å². The predicted octanol–water partition coefficient (Wildman–Crippen LogP) is 1.23. The molecule has 27 heavy (non-hydrogen) atoms. The van der Waals surface area contributed by atoms with Crippen LogP contribution in [0.15, 0.2) is 42.0 Å². The largest absolute Gasteiger partial charge is 0.326 e. The summed E-state index contributed by atoms with van der Waals surface area (Å²) in [6.07, 6.45) is 3.68. The highest BCUT2D eigenvalue weighted by Crippen LogP contribution is 2.22. The Balaban J connectivity index is 1.42. The minimum Gasteiger partial charge on any atom is -0.326 e. The average Bonchev–Trinajstić information content (AvgIpc) is 3.37. The molecule has 8 heteroatoms. The molecule has 0 bridgehead atoms. The third-order valence-electron chi connectivity index (χ3n) is 4.77. The number of nitrogens with zero attached hydrogens (tertiary/aromatic N) is 3. The number of hydrogen-bond donors (Lipinski definition) is 2. The lowest BCUT2D eigenvalue weighted by Crippen LogP contribution is -2.25. The summed E-state index contributed by atoms with van der Waals surface area (Å²) in [6.45, 7) is 2.59. The van der Waals surface area contributed by atoms with Crippen LogP contribution in [-0.2, 0) is 16.0 Å². The summed E-state index contributed by atoms with van der Waals surface area (Å²) in [4.78, 5) is 30.4. The summed E-state index contributed by atoms with van der Waals surface area (Å²) < 4.78 is 0. The summed E-state index contributed by atoms with van der Waals surface area (Å²) in [6, 6.07) is 7.62. The van der Waals surface area contributed by atoms with Crippen molar-refractivity contribution in [2.45, 2.75) is 26.2 Å². The first-order chi connectivity index (χ1) is 13.1. The number of amides is 2. The van der Waals surface area contributed by atoms with Crippen molar-refractivity contribution < 1.29 is 9.59 Å². The average molecular weight is 361 g/mol. The fourth-order valence-electron chi connectivity index (χ4n) is 3.42. The van der Waals surface area contributed by atoms with Crippen molar-refractivity contribution >= 4 is 30.3 Å². The standard InChI is InChI=1S/C19H20BN5O2/c1-12-21-19(24-23-12)18-15(8-9-20-18)22-16(26)11-13-4-6-14(7-5-13)25-10-2-3-17(25)27/h4-9,20H,2-3,10-11H2,1H3,(H,22,26)(H,21,23,24). The molecule has 7 nitrogen and oxygen atoms in total. The SMILES string of the molecule is Cc1n[nH]c(C2=C(NC(=O)Cc3ccc(N4CCCC4=O)cc3)C=CB2)n1. The molecule has 2 aromatic rings. The van der Waals surface area contributed by atoms with Gasteiger partial charge < -0.3 is 10.2 Å². The van der Waals surface area contributed by atoms with E-state index in [0.29, 0.717) is 25.3 Å². The Bertz CT molecular complexity index is 945. The van der Waals surface area contributed by atoms with E-state index in [1.165, 1.54) is 0 Å². The second-order valence-corrected chi connectivity index (χ2v) is 6.77. The van der Waals surface area contributed by atoms with E-state index >= 15 is 0 Å². The van der Waals surface area contributed by atoms with Gasteiger partial charge in [0.1, 0.15) is 11.6 Å². The summed E-state index contributed by atoms with van der Waals surface area (Å²) >= 11 is 0. The number of nitrogens with one attached hydrogen (secondary N) is 2. The lowest BCUT2D eigenvalue weighted by molar-refractivity contribution is -0.119. The van der Waals surface area contributed by atoms with Gasteiger partial charge in [0, 0.05) is 24.4 Å². The molecule has 0 unspecified atom stereocenters. The number of allylic oxidation sites excluding steroid dienone is 1. The Labute approximate surface area is 157 Å². The maximum atomic E-state index is 12.5. The third-order valence-corrected chi connectivity index (χ3v) is 4.77. The first kappa shape index (κ1) is 17.3. The van der Waals surface area contributed by atoms with Crippen LogP contribution in [0, 0.1) is 6.92 Å². The predicted molar refractivity (Wildman–Crippen MR) is 104 cm³/mol. The molecule has 1 fully saturated rings. The summed E-state index contributed by atoms with van der Waals surface area (Å²) in [5.74, 6) is 3.43. The van der Waals surface area contributed by atoms with Crippen molar-refractivity contribution in [1.29, 1.82) is 0 Å². The molecular weight excluding hydrogens is 341 g/mol. The molecule has 0 radical (unpaired) electrons. The number of aromatic nitrogens is 3. The molecule has 2 aliphatic heterocycles. The molecule has 0 atom stereocenters. The van der Waals surface area contributed by atoms with Crippen molar-refractivity contribution in [3.63, 3.8) is 0 Å². The normalized spacial score (nSPS) is 16.2. The molecule has 1 aromatic heterocycles. The highest BCUT2D eigenvalue weighted by Gasteiger charge is 2.21. The van der Waals surface area contributed by atoms with Crippen LogP contribution >= 0.6 is 0 Å². The van der Waals surface area contributed by atoms with Crippen molar-refractivity contribution in [1.82, 2.24) is 20.5 Å². The number of benzene rings is 1. The molecule has 136 valence electrons. The van der Waals surface area contributed by atoms with Gasteiger partial charge in [0.05, 0.1) is 6.42 Å². The molecule has 1 saturated heterocycles. The number of carbonyl (C=O) groups excluding carboxylic acids is 2. The van der Waals surface area contributed by atoms with Crippen molar-refractivity contribution in [2.75, 3.05) is 11.4 Å². The van der Waals surface area contributed by atoms with E-state index in [1.807, 2.05) is 43.2 Å². The van der Waals surface area contributed by atoms with Crippen molar-refractivity contribution in [3.8, 4) is 0 Å². The Morgan fingerprint density at radius 1 is 1.33 bits per heavy atom. The van der Waals surface area contributed by atoms with Gasteiger partial charge in [0.15, 0.2) is 7.28 Å². The van der Waals surface area contributed by atoms with E-state index in [0.717, 1.165) is 35.4 Å². The maximum Gasteiger partial charge on any atom is 0.228 e. The number of aromatic amines is 1. The Kier molecular flexibility index (Phi) is 4.62. The van der Waals surface area contributed by atoms with Crippen LogP contribution < -0.4 is 10.2 Å². The maximum absolute atomic E-state index is 12.5. The monoisotopic (exact) mass is 361 g/mol. The first-order valence-corrected chi connectivity index (χ1v) is 9.08. The molecule has 3 heterocycles. The van der Waals surface area contributed by atoms with Crippen LogP contribution in [0.2, 0.25) is 0 Å². The zero-order valence-corrected chi connectivity index (χ0v) is 15.2. The number of rotatable bonds is 5. The highest BCUT2D eigenvalue weighted by atomic mass is 16.2. The van der Waals surface area contributed by atoms with Crippen LogP contribution in [-0.4, -0.2) is 40.8 Å². The molecule has 2 N–H and O–H groups in total. The number of aryl methyl sites for hydroxylation is 1. The summed E-state index contributed by atoms with van der Waals surface area (Å²) in [5.41, 5.74) is 3.50. The van der Waals surface area contributed by atoms with Gasteiger partial charge in [0.2, 0.25) is 11.8 Å². The summed E-state index contributed by atoms with van der Waals surface area (Å²) in [7, 11) is 0.711. The van der Waals surface area contributed by atoms with Gasteiger partial charge in [-0.1, -0.05) is 18.2 Å². The minimum absolute atomic E-state index is 0.0877. The molecule has 2 amide bonds. The van der Waals surface area contributed by atoms with Crippen LogP contribution in [0.1, 0.15) is 30.1 Å². The van der Waals surface area contributed by atoms with E-state index in [2.05, 4.69) is 20.5 Å². The molecule has 0 spiro atoms. The van der Waals surface area contributed by atoms with E-state index < -0.39 is 0 Å². The third kappa shape index (κ3) is 3.69. The minimum atomic E-state index is -0.0877. The van der Waals surface area contributed by atoms with Gasteiger partial charge >= 0.3 is 0 Å². The van der Waals surface area contributed by atoms with E-state index in [1.54, 1.807) is 4.90 Å². The fraction of sp³-hybridized carbons (Fsp3) is 0.263. The van der Waals surface area contributed by atoms with Crippen LogP contribution in [0.25, 0.3) is 5.47 Å². The molecule has 1 aromatic carbocycles. The lowest BCUT2D eigenvalue weighted by Gasteiger charge is -2.16. The molecule has 0 aliphatic carbocycles. The van der Waals surface area contributed by atoms with Gasteiger partial charge in [-0.05, 0) is 36.5 Å². The van der Waals surface area contributed by atoms with Crippen LogP contribution in [0.4, 0.5) is 5.69 Å². The fourth-order valence-corrected chi connectivity index (χ4v) is 3.42. The smallest absolute Gasteiger partial charge is 0.228 e. The van der Waals surface area contributed by atoms with Gasteiger partial charge in [-0.2, -0.15) is 5.10 Å². The van der Waals surface area contributed by atoms with Gasteiger partial charge in [-0.25, -0.2) is 4.98 Å². The van der Waals surface area contributed by atoms with E-state index in [4.69, 9.17) is 0 Å². The topological polar surface area (TPSA) is 91.0 Å². The van der Waals surface area contributed by atoms with E-state index in [9.17, 15) is 9.59 Å². The molecular formula is C19H20BN5O2. The van der Waals surface area contributed by atoms with Gasteiger partial charge in [-0.15, -0.1) is 5.98 Å². The number of carbonyl (C=O) groups is 2. The quantitative estimate of drug-likeness (QED) is 0.784. The molecule has 2 aliphatic rings. The van der Waals surface area contributed by atoms with Crippen molar-refractivity contribution in [2.24, 2.45) is 0 Å². The Morgan fingerprint density at radius 2 is 2.15 bits per heavy atom. The second kappa shape index (κ2) is 7.22. The first-order valence-electron chi connectivity index (χ1n) is 9.08. The number of hydrogen-bond acceptors (Lipinski definition) is 4. The lowest BCUT2D eigenvalue weighted by atomic mass is 9.72.